The van der Waals surface area contributed by atoms with Crippen LogP contribution in [0.5, 0.6) is 0 Å². The number of H-pyrrole nitrogens is 1. The van der Waals surface area contributed by atoms with Crippen LogP contribution in [-0.4, -0.2) is 9.97 Å². The van der Waals surface area contributed by atoms with Gasteiger partial charge in [0.05, 0.1) is 11.0 Å². The van der Waals surface area contributed by atoms with Crippen LogP contribution in [0.1, 0.15) is 0 Å². The number of pyridine rings is 1. The topological polar surface area (TPSA) is 28.7 Å². The smallest absolute Gasteiger partial charge is 0.0801 e. The maximum Gasteiger partial charge on any atom is 0.0801 e. The molecule has 0 saturated heterocycles. The summed E-state index contributed by atoms with van der Waals surface area (Å²) >= 11 is 0. The number of rotatable bonds is 0. The zero-order valence-electron chi connectivity index (χ0n) is 11.3. The lowest BCUT2D eigenvalue weighted by Gasteiger charge is -2.06. The predicted octanol–water partition coefficient (Wildman–Crippen LogP) is 5.02. The Hall–Kier alpha value is -2.87. The fraction of sp³-hybridized carbons (Fsp3) is 0. The molecule has 0 aliphatic heterocycles. The maximum atomic E-state index is 4.61. The van der Waals surface area contributed by atoms with E-state index in [9.17, 15) is 0 Å². The normalized spacial score (nSPS) is 11.8. The summed E-state index contributed by atoms with van der Waals surface area (Å²) in [5.41, 5.74) is 3.42. The minimum absolute atomic E-state index is 1.06. The highest BCUT2D eigenvalue weighted by atomic mass is 14.7. The van der Waals surface area contributed by atoms with E-state index in [1.54, 1.807) is 0 Å². The monoisotopic (exact) mass is 268 g/mol. The van der Waals surface area contributed by atoms with Gasteiger partial charge in [-0.25, -0.2) is 0 Å². The number of fused-ring (bicyclic) bond motifs is 8. The average Bonchev–Trinajstić information content (AvgIpc) is 2.95. The van der Waals surface area contributed by atoms with E-state index in [0.717, 1.165) is 5.52 Å². The van der Waals surface area contributed by atoms with Crippen LogP contribution in [0.3, 0.4) is 0 Å². The molecule has 1 N–H and O–H groups in total. The van der Waals surface area contributed by atoms with Gasteiger partial charge in [0.2, 0.25) is 0 Å². The molecule has 0 aliphatic rings. The summed E-state index contributed by atoms with van der Waals surface area (Å²) in [5, 5.41) is 6.22. The molecule has 0 aliphatic carbocycles. The number of aromatic amines is 1. The van der Waals surface area contributed by atoms with Crippen molar-refractivity contribution in [3.8, 4) is 0 Å². The van der Waals surface area contributed by atoms with Crippen molar-refractivity contribution in [2.75, 3.05) is 0 Å². The number of nitrogens with zero attached hydrogens (tertiary/aromatic N) is 1. The van der Waals surface area contributed by atoms with Gasteiger partial charge < -0.3 is 4.98 Å². The molecule has 3 aromatic carbocycles. The molecule has 0 bridgehead atoms. The molecule has 2 heteroatoms. The molecule has 2 aromatic heterocycles. The molecule has 0 spiro atoms. The predicted molar refractivity (Wildman–Crippen MR) is 88.6 cm³/mol. The fourth-order valence-electron chi connectivity index (χ4n) is 3.35. The minimum Gasteiger partial charge on any atom is -0.354 e. The Balaban J connectivity index is 2.25. The van der Waals surface area contributed by atoms with Crippen molar-refractivity contribution in [1.82, 2.24) is 9.97 Å². The van der Waals surface area contributed by atoms with E-state index in [1.165, 1.54) is 38.0 Å². The summed E-state index contributed by atoms with van der Waals surface area (Å²) in [6.45, 7) is 0. The SMILES string of the molecule is c1ccc2c(c1)[nH]c1c3cccnc3c3ccccc3c21. The van der Waals surface area contributed by atoms with Crippen molar-refractivity contribution >= 4 is 43.5 Å². The van der Waals surface area contributed by atoms with Crippen molar-refractivity contribution in [2.45, 2.75) is 0 Å². The van der Waals surface area contributed by atoms with Crippen LogP contribution < -0.4 is 0 Å². The molecule has 0 unspecified atom stereocenters. The first-order chi connectivity index (χ1) is 10.4. The summed E-state index contributed by atoms with van der Waals surface area (Å²) in [4.78, 5) is 8.18. The van der Waals surface area contributed by atoms with Gasteiger partial charge in [0.15, 0.2) is 0 Å². The highest BCUT2D eigenvalue weighted by molar-refractivity contribution is 6.30. The van der Waals surface area contributed by atoms with Gasteiger partial charge in [-0.1, -0.05) is 42.5 Å². The number of hydrogen-bond donors (Lipinski definition) is 1. The lowest BCUT2D eigenvalue weighted by Crippen LogP contribution is -1.83. The molecule has 21 heavy (non-hydrogen) atoms. The van der Waals surface area contributed by atoms with Gasteiger partial charge in [0.25, 0.3) is 0 Å². The van der Waals surface area contributed by atoms with Gasteiger partial charge in [-0.15, -0.1) is 0 Å². The maximum absolute atomic E-state index is 4.61. The number of hydrogen-bond acceptors (Lipinski definition) is 1. The van der Waals surface area contributed by atoms with E-state index in [4.69, 9.17) is 0 Å². The van der Waals surface area contributed by atoms with Gasteiger partial charge in [-0.3, -0.25) is 4.98 Å². The number of nitrogens with one attached hydrogen (secondary N) is 1. The Labute approximate surface area is 121 Å². The molecular weight excluding hydrogens is 256 g/mol. The van der Waals surface area contributed by atoms with Crippen LogP contribution in [-0.2, 0) is 0 Å². The second-order valence-electron chi connectivity index (χ2n) is 5.37. The highest BCUT2D eigenvalue weighted by Gasteiger charge is 2.13. The number of para-hydroxylation sites is 1. The lowest BCUT2D eigenvalue weighted by atomic mass is 10.00. The van der Waals surface area contributed by atoms with E-state index >= 15 is 0 Å². The van der Waals surface area contributed by atoms with Crippen molar-refractivity contribution in [3.05, 3.63) is 66.9 Å². The molecular formula is C19H12N2. The van der Waals surface area contributed by atoms with Crippen molar-refractivity contribution in [1.29, 1.82) is 0 Å². The molecule has 0 atom stereocenters. The van der Waals surface area contributed by atoms with Crippen LogP contribution in [0.15, 0.2) is 66.9 Å². The Morgan fingerprint density at radius 2 is 1.38 bits per heavy atom. The van der Waals surface area contributed by atoms with E-state index in [1.807, 2.05) is 12.3 Å². The van der Waals surface area contributed by atoms with Crippen LogP contribution >= 0.6 is 0 Å². The van der Waals surface area contributed by atoms with Crippen LogP contribution in [0, 0.1) is 0 Å². The quantitative estimate of drug-likeness (QED) is 0.392. The zero-order valence-corrected chi connectivity index (χ0v) is 11.3. The Kier molecular flexibility index (Phi) is 1.98. The van der Waals surface area contributed by atoms with Gasteiger partial charge in [0.1, 0.15) is 0 Å². The van der Waals surface area contributed by atoms with Crippen LogP contribution in [0.2, 0.25) is 0 Å². The fourth-order valence-corrected chi connectivity index (χ4v) is 3.35. The summed E-state index contributed by atoms with van der Waals surface area (Å²) in [7, 11) is 0. The van der Waals surface area contributed by atoms with Gasteiger partial charge in [-0.2, -0.15) is 0 Å². The molecule has 2 nitrogen and oxygen atoms in total. The first kappa shape index (κ1) is 10.9. The average molecular weight is 268 g/mol. The summed E-state index contributed by atoms with van der Waals surface area (Å²) < 4.78 is 0. The largest absolute Gasteiger partial charge is 0.354 e. The van der Waals surface area contributed by atoms with Gasteiger partial charge in [0, 0.05) is 33.3 Å². The molecule has 5 aromatic rings. The van der Waals surface area contributed by atoms with E-state index < -0.39 is 0 Å². The number of benzene rings is 3. The van der Waals surface area contributed by atoms with Crippen LogP contribution in [0.4, 0.5) is 0 Å². The second-order valence-corrected chi connectivity index (χ2v) is 5.37. The summed E-state index contributed by atoms with van der Waals surface area (Å²) in [6, 6.07) is 21.1. The third kappa shape index (κ3) is 1.34. The summed E-state index contributed by atoms with van der Waals surface area (Å²) in [6.07, 6.45) is 1.86. The Morgan fingerprint density at radius 1 is 0.667 bits per heavy atom. The second kappa shape index (κ2) is 3.83. The molecule has 0 fully saturated rings. The van der Waals surface area contributed by atoms with E-state index in [-0.39, 0.29) is 0 Å². The number of aromatic nitrogens is 2. The van der Waals surface area contributed by atoms with Crippen molar-refractivity contribution in [3.63, 3.8) is 0 Å². The molecule has 0 saturated carbocycles. The van der Waals surface area contributed by atoms with E-state index in [0.29, 0.717) is 0 Å². The first-order valence-electron chi connectivity index (χ1n) is 7.09. The van der Waals surface area contributed by atoms with Crippen LogP contribution in [0.25, 0.3) is 43.5 Å². The Morgan fingerprint density at radius 3 is 2.29 bits per heavy atom. The molecule has 0 amide bonds. The molecule has 98 valence electrons. The van der Waals surface area contributed by atoms with Gasteiger partial charge >= 0.3 is 0 Å². The molecule has 2 heterocycles. The Bertz CT molecular complexity index is 1140. The lowest BCUT2D eigenvalue weighted by molar-refractivity contribution is 1.43. The molecule has 0 radical (unpaired) electrons. The summed E-state index contributed by atoms with van der Waals surface area (Å²) in [5.74, 6) is 0. The highest BCUT2D eigenvalue weighted by Crippen LogP contribution is 2.37. The minimum atomic E-state index is 1.06. The molecule has 5 rings (SSSR count). The third-order valence-electron chi connectivity index (χ3n) is 4.23. The zero-order chi connectivity index (χ0) is 13.8. The first-order valence-corrected chi connectivity index (χ1v) is 7.09. The van der Waals surface area contributed by atoms with E-state index in [2.05, 4.69) is 64.6 Å². The third-order valence-corrected chi connectivity index (χ3v) is 4.23. The standard InChI is InChI=1S/C19H12N2/c1-2-7-13-12(6-1)17-14-8-3-4-10-16(14)21-19(17)15-9-5-11-20-18(13)15/h1-11,21H. The van der Waals surface area contributed by atoms with Gasteiger partial charge in [-0.05, 0) is 23.6 Å². The van der Waals surface area contributed by atoms with Crippen molar-refractivity contribution in [2.24, 2.45) is 0 Å². The van der Waals surface area contributed by atoms with Crippen molar-refractivity contribution < 1.29 is 0 Å².